The molecular formula is C26H24O11. The number of hydrogen-bond acceptors (Lipinski definition) is 10. The summed E-state index contributed by atoms with van der Waals surface area (Å²) in [6.07, 6.45) is -2.58. The fraction of sp³-hybridized carbons (Fsp3) is 0.346. The van der Waals surface area contributed by atoms with Crippen LogP contribution in [0.4, 0.5) is 0 Å². The van der Waals surface area contributed by atoms with Gasteiger partial charge in [-0.1, -0.05) is 18.2 Å². The Morgan fingerprint density at radius 2 is 1.73 bits per heavy atom. The number of hydrogen-bond donors (Lipinski definition) is 5. The Balaban J connectivity index is 1.64. The number of aliphatic carboxylic acids is 1. The average molecular weight is 512 g/mol. The zero-order chi connectivity index (χ0) is 26.8. The van der Waals surface area contributed by atoms with E-state index in [0.29, 0.717) is 0 Å². The summed E-state index contributed by atoms with van der Waals surface area (Å²) < 4.78 is 16.5. The van der Waals surface area contributed by atoms with Crippen LogP contribution in [0.3, 0.4) is 0 Å². The number of phenolic OH excluding ortho intramolecular Hbond substituents is 2. The van der Waals surface area contributed by atoms with Gasteiger partial charge in [0.2, 0.25) is 5.78 Å². The number of benzene rings is 2. The molecular weight excluding hydrogens is 488 g/mol. The summed E-state index contributed by atoms with van der Waals surface area (Å²) in [6.45, 7) is 1.58. The summed E-state index contributed by atoms with van der Waals surface area (Å²) in [5.74, 6) is -4.39. The highest BCUT2D eigenvalue weighted by molar-refractivity contribution is 6.31. The van der Waals surface area contributed by atoms with Crippen molar-refractivity contribution < 1.29 is 54.1 Å². The SMILES string of the molecule is COc1cccc2c1C(=O)c1c(O)c3c(c(O)c1C2=O)C[C@@](O)(C(=O)O)[C@H](OC1C=C[C@H](O)C(C)O1)C3. The molecule has 5 N–H and O–H groups in total. The van der Waals surface area contributed by atoms with Gasteiger partial charge in [0, 0.05) is 29.5 Å². The number of rotatable bonds is 4. The minimum absolute atomic E-state index is 0.0421. The predicted octanol–water partition coefficient (Wildman–Crippen LogP) is 0.843. The molecule has 11 heteroatoms. The van der Waals surface area contributed by atoms with E-state index in [2.05, 4.69) is 0 Å². The van der Waals surface area contributed by atoms with E-state index in [1.165, 1.54) is 37.5 Å². The highest BCUT2D eigenvalue weighted by atomic mass is 16.7. The number of phenols is 2. The van der Waals surface area contributed by atoms with Crippen molar-refractivity contribution >= 4 is 17.5 Å². The Morgan fingerprint density at radius 1 is 1.05 bits per heavy atom. The quantitative estimate of drug-likeness (QED) is 0.247. The van der Waals surface area contributed by atoms with Crippen molar-refractivity contribution in [1.29, 1.82) is 0 Å². The number of carboxylic acid groups (broad SMARTS) is 1. The molecule has 1 aliphatic heterocycles. The van der Waals surface area contributed by atoms with E-state index < -0.39 is 83.2 Å². The van der Waals surface area contributed by atoms with Gasteiger partial charge >= 0.3 is 5.97 Å². The number of methoxy groups -OCH3 is 1. The maximum Gasteiger partial charge on any atom is 0.338 e. The summed E-state index contributed by atoms with van der Waals surface area (Å²) in [7, 11) is 1.32. The van der Waals surface area contributed by atoms with Crippen molar-refractivity contribution in [3.05, 3.63) is 63.7 Å². The third kappa shape index (κ3) is 3.62. The second-order valence-corrected chi connectivity index (χ2v) is 9.27. The maximum absolute atomic E-state index is 13.5. The molecule has 0 fully saturated rings. The molecule has 5 atom stereocenters. The van der Waals surface area contributed by atoms with Gasteiger partial charge in [-0.15, -0.1) is 0 Å². The Hall–Kier alpha value is -3.77. The summed E-state index contributed by atoms with van der Waals surface area (Å²) >= 11 is 0. The first-order valence-electron chi connectivity index (χ1n) is 11.5. The largest absolute Gasteiger partial charge is 0.507 e. The molecule has 0 amide bonds. The molecule has 0 radical (unpaired) electrons. The van der Waals surface area contributed by atoms with Gasteiger partial charge in [-0.2, -0.15) is 0 Å². The number of carbonyl (C=O) groups excluding carboxylic acids is 2. The lowest BCUT2D eigenvalue weighted by Crippen LogP contribution is -2.57. The zero-order valence-electron chi connectivity index (χ0n) is 19.8. The number of aliphatic hydroxyl groups excluding tert-OH is 1. The van der Waals surface area contributed by atoms with Gasteiger partial charge in [-0.25, -0.2) is 4.79 Å². The van der Waals surface area contributed by atoms with E-state index >= 15 is 0 Å². The van der Waals surface area contributed by atoms with Gasteiger partial charge in [-0.05, 0) is 19.1 Å². The molecule has 3 aliphatic rings. The first-order chi connectivity index (χ1) is 17.5. The van der Waals surface area contributed by atoms with E-state index in [1.807, 2.05) is 0 Å². The number of aromatic hydroxyl groups is 2. The van der Waals surface area contributed by atoms with Crippen LogP contribution >= 0.6 is 0 Å². The predicted molar refractivity (Wildman–Crippen MR) is 124 cm³/mol. The molecule has 5 rings (SSSR count). The molecule has 0 spiro atoms. The highest BCUT2D eigenvalue weighted by Crippen LogP contribution is 2.48. The molecule has 1 heterocycles. The van der Waals surface area contributed by atoms with Crippen LogP contribution in [0.5, 0.6) is 17.2 Å². The van der Waals surface area contributed by atoms with E-state index in [-0.39, 0.29) is 28.0 Å². The normalized spacial score (nSPS) is 28.3. The Bertz CT molecular complexity index is 1380. The summed E-state index contributed by atoms with van der Waals surface area (Å²) in [6, 6.07) is 4.36. The Labute approximate surface area is 210 Å². The molecule has 11 nitrogen and oxygen atoms in total. The van der Waals surface area contributed by atoms with Crippen LogP contribution in [0.15, 0.2) is 30.4 Å². The first kappa shape index (κ1) is 24.9. The molecule has 2 unspecified atom stereocenters. The molecule has 2 aromatic rings. The number of carboxylic acids is 1. The van der Waals surface area contributed by atoms with Crippen molar-refractivity contribution in [2.24, 2.45) is 0 Å². The first-order valence-corrected chi connectivity index (χ1v) is 11.5. The van der Waals surface area contributed by atoms with E-state index in [4.69, 9.17) is 14.2 Å². The molecule has 0 aromatic heterocycles. The van der Waals surface area contributed by atoms with E-state index in [0.717, 1.165) is 0 Å². The summed E-state index contributed by atoms with van der Waals surface area (Å²) in [5.41, 5.74) is -3.84. The summed E-state index contributed by atoms with van der Waals surface area (Å²) in [5, 5.41) is 53.2. The van der Waals surface area contributed by atoms with Crippen molar-refractivity contribution in [2.75, 3.05) is 7.11 Å². The molecule has 0 saturated carbocycles. The standard InChI is InChI=1S/C26H24O11/c1-10-14(27)6-7-17(36-10)37-16-8-12-13(9-26(16,34)25(32)33)23(30)19-20(22(12)29)24(31)18-11(21(19)28)4-3-5-15(18)35-2/h3-7,10,14,16-17,27,29-30,34H,8-9H2,1-2H3,(H,32,33)/t10?,14-,16+,17?,26-/m0/s1. The monoisotopic (exact) mass is 512 g/mol. The zero-order valence-corrected chi connectivity index (χ0v) is 19.8. The number of aliphatic hydroxyl groups is 2. The maximum atomic E-state index is 13.5. The van der Waals surface area contributed by atoms with Crippen molar-refractivity contribution in [2.45, 2.75) is 50.0 Å². The topological polar surface area (TPSA) is 180 Å². The van der Waals surface area contributed by atoms with Crippen LogP contribution in [-0.4, -0.2) is 80.4 Å². The fourth-order valence-corrected chi connectivity index (χ4v) is 5.11. The molecule has 194 valence electrons. The number of fused-ring (bicyclic) bond motifs is 3. The molecule has 0 bridgehead atoms. The van der Waals surface area contributed by atoms with Crippen molar-refractivity contribution in [3.63, 3.8) is 0 Å². The second-order valence-electron chi connectivity index (χ2n) is 9.27. The van der Waals surface area contributed by atoms with Crippen LogP contribution < -0.4 is 4.74 Å². The lowest BCUT2D eigenvalue weighted by atomic mass is 9.73. The minimum Gasteiger partial charge on any atom is -0.507 e. The van der Waals surface area contributed by atoms with Crippen LogP contribution in [-0.2, 0) is 27.1 Å². The van der Waals surface area contributed by atoms with Crippen LogP contribution in [0.2, 0.25) is 0 Å². The number of carbonyl (C=O) groups is 3. The molecule has 2 aliphatic carbocycles. The van der Waals surface area contributed by atoms with Gasteiger partial charge in [0.05, 0.1) is 36.0 Å². The smallest absolute Gasteiger partial charge is 0.338 e. The number of ketones is 2. The Kier molecular flexibility index (Phi) is 5.83. The third-order valence-electron chi connectivity index (χ3n) is 7.16. The van der Waals surface area contributed by atoms with Gasteiger partial charge in [-0.3, -0.25) is 9.59 Å². The Morgan fingerprint density at radius 3 is 2.38 bits per heavy atom. The lowest BCUT2D eigenvalue weighted by Gasteiger charge is -2.40. The van der Waals surface area contributed by atoms with Crippen molar-refractivity contribution in [3.8, 4) is 17.2 Å². The highest BCUT2D eigenvalue weighted by Gasteiger charge is 2.52. The van der Waals surface area contributed by atoms with Crippen molar-refractivity contribution in [1.82, 2.24) is 0 Å². The third-order valence-corrected chi connectivity index (χ3v) is 7.16. The van der Waals surface area contributed by atoms with Gasteiger partial charge in [0.25, 0.3) is 0 Å². The molecule has 37 heavy (non-hydrogen) atoms. The van der Waals surface area contributed by atoms with E-state index in [1.54, 1.807) is 6.92 Å². The van der Waals surface area contributed by atoms with Gasteiger partial charge < -0.3 is 39.7 Å². The summed E-state index contributed by atoms with van der Waals surface area (Å²) in [4.78, 5) is 39.0. The fourth-order valence-electron chi connectivity index (χ4n) is 5.11. The molecule has 2 aromatic carbocycles. The van der Waals surface area contributed by atoms with Crippen LogP contribution in [0, 0.1) is 0 Å². The van der Waals surface area contributed by atoms with Crippen LogP contribution in [0.1, 0.15) is 49.9 Å². The second kappa shape index (κ2) is 8.67. The van der Waals surface area contributed by atoms with Gasteiger partial charge in [0.1, 0.15) is 23.4 Å². The van der Waals surface area contributed by atoms with Crippen LogP contribution in [0.25, 0.3) is 0 Å². The minimum atomic E-state index is -2.58. The average Bonchev–Trinajstić information content (AvgIpc) is 2.87. The lowest BCUT2D eigenvalue weighted by molar-refractivity contribution is -0.228. The molecule has 0 saturated heterocycles. The van der Waals surface area contributed by atoms with Gasteiger partial charge in [0.15, 0.2) is 17.7 Å². The van der Waals surface area contributed by atoms with E-state index in [9.17, 15) is 39.9 Å². The number of ether oxygens (including phenoxy) is 3.